The van der Waals surface area contributed by atoms with Gasteiger partial charge in [0.1, 0.15) is 0 Å². The second kappa shape index (κ2) is 5.91. The maximum atomic E-state index is 10.7. The van der Waals surface area contributed by atoms with E-state index in [0.717, 1.165) is 35.0 Å². The number of rotatable bonds is 4. The molecule has 7 heteroatoms. The zero-order valence-electron chi connectivity index (χ0n) is 13.2. The molecule has 2 N–H and O–H groups in total. The van der Waals surface area contributed by atoms with Crippen molar-refractivity contribution in [3.63, 3.8) is 0 Å². The van der Waals surface area contributed by atoms with Gasteiger partial charge in [-0.3, -0.25) is 15.1 Å². The van der Waals surface area contributed by atoms with E-state index in [1.54, 1.807) is 20.3 Å². The minimum Gasteiger partial charge on any atom is -0.493 e. The van der Waals surface area contributed by atoms with E-state index < -0.39 is 0 Å². The van der Waals surface area contributed by atoms with Crippen molar-refractivity contribution >= 4 is 16.6 Å². The molecule has 7 nitrogen and oxygen atoms in total. The predicted octanol–water partition coefficient (Wildman–Crippen LogP) is 2.22. The zero-order valence-corrected chi connectivity index (χ0v) is 13.2. The molecular weight excluding hydrogens is 298 g/mol. The molecule has 1 aromatic heterocycles. The van der Waals surface area contributed by atoms with Crippen molar-refractivity contribution in [2.24, 2.45) is 5.92 Å². The summed E-state index contributed by atoms with van der Waals surface area (Å²) in [4.78, 5) is 15.2. The van der Waals surface area contributed by atoms with E-state index in [1.165, 1.54) is 0 Å². The highest BCUT2D eigenvalue weighted by Gasteiger charge is 2.26. The summed E-state index contributed by atoms with van der Waals surface area (Å²) < 4.78 is 10.6. The van der Waals surface area contributed by atoms with E-state index in [1.807, 2.05) is 6.07 Å². The SMILES string of the molecule is COc1cc2nc3c(c(N)c2cc1OC)CCC(C[N+](=O)[O-])C3. The molecular formula is C16H19N3O4. The second-order valence-electron chi connectivity index (χ2n) is 5.80. The lowest BCUT2D eigenvalue weighted by atomic mass is 9.85. The van der Waals surface area contributed by atoms with Gasteiger partial charge in [0.25, 0.3) is 0 Å². The quantitative estimate of drug-likeness (QED) is 0.685. The van der Waals surface area contributed by atoms with E-state index >= 15 is 0 Å². The van der Waals surface area contributed by atoms with Gasteiger partial charge in [0, 0.05) is 33.7 Å². The van der Waals surface area contributed by atoms with Crippen LogP contribution in [-0.2, 0) is 12.8 Å². The smallest absolute Gasteiger partial charge is 0.207 e. The molecule has 23 heavy (non-hydrogen) atoms. The number of hydrogen-bond acceptors (Lipinski definition) is 6. The molecule has 1 aromatic carbocycles. The summed E-state index contributed by atoms with van der Waals surface area (Å²) in [5, 5.41) is 11.6. The van der Waals surface area contributed by atoms with Gasteiger partial charge in [-0.15, -0.1) is 0 Å². The van der Waals surface area contributed by atoms with Crippen LogP contribution in [0.1, 0.15) is 17.7 Å². The Morgan fingerprint density at radius 2 is 2.04 bits per heavy atom. The van der Waals surface area contributed by atoms with Gasteiger partial charge in [0.05, 0.1) is 19.7 Å². The Balaban J connectivity index is 2.09. The van der Waals surface area contributed by atoms with E-state index in [4.69, 9.17) is 15.2 Å². The summed E-state index contributed by atoms with van der Waals surface area (Å²) in [6.45, 7) is -0.0228. The number of nitro groups is 1. The molecule has 1 aliphatic carbocycles. The minimum atomic E-state index is -0.256. The molecule has 0 saturated carbocycles. The monoisotopic (exact) mass is 317 g/mol. The molecule has 3 rings (SSSR count). The first-order valence-electron chi connectivity index (χ1n) is 7.48. The molecule has 122 valence electrons. The molecule has 0 aliphatic heterocycles. The number of nitrogens with two attached hydrogens (primary N) is 1. The van der Waals surface area contributed by atoms with Crippen molar-refractivity contribution in [3.8, 4) is 11.5 Å². The molecule has 0 fully saturated rings. The number of methoxy groups -OCH3 is 2. The lowest BCUT2D eigenvalue weighted by Gasteiger charge is -2.23. The molecule has 0 amide bonds. The Morgan fingerprint density at radius 3 is 2.70 bits per heavy atom. The Labute approximate surface area is 133 Å². The largest absolute Gasteiger partial charge is 0.493 e. The molecule has 0 saturated heterocycles. The van der Waals surface area contributed by atoms with Crippen LogP contribution in [0.15, 0.2) is 12.1 Å². The van der Waals surface area contributed by atoms with E-state index in [2.05, 4.69) is 4.98 Å². The van der Waals surface area contributed by atoms with Crippen molar-refractivity contribution in [2.75, 3.05) is 26.5 Å². The van der Waals surface area contributed by atoms with Crippen LogP contribution in [0.2, 0.25) is 0 Å². The van der Waals surface area contributed by atoms with Gasteiger partial charge >= 0.3 is 0 Å². The van der Waals surface area contributed by atoms with Crippen LogP contribution < -0.4 is 15.2 Å². The second-order valence-corrected chi connectivity index (χ2v) is 5.80. The fraction of sp³-hybridized carbons (Fsp3) is 0.438. The van der Waals surface area contributed by atoms with Crippen LogP contribution in [0.4, 0.5) is 5.69 Å². The van der Waals surface area contributed by atoms with E-state index in [-0.39, 0.29) is 17.4 Å². The average Bonchev–Trinajstić information content (AvgIpc) is 2.53. The zero-order chi connectivity index (χ0) is 16.6. The Hall–Kier alpha value is -2.57. The summed E-state index contributed by atoms with van der Waals surface area (Å²) in [7, 11) is 3.15. The van der Waals surface area contributed by atoms with Gasteiger partial charge in [-0.1, -0.05) is 0 Å². The molecule has 0 bridgehead atoms. The van der Waals surface area contributed by atoms with Gasteiger partial charge in [-0.05, 0) is 30.9 Å². The molecule has 1 heterocycles. The van der Waals surface area contributed by atoms with Gasteiger partial charge < -0.3 is 15.2 Å². The Kier molecular flexibility index (Phi) is 3.94. The lowest BCUT2D eigenvalue weighted by molar-refractivity contribution is -0.488. The topological polar surface area (TPSA) is 101 Å². The Bertz CT molecular complexity index is 776. The number of aromatic nitrogens is 1. The van der Waals surface area contributed by atoms with Crippen LogP contribution in [0.25, 0.3) is 10.9 Å². The number of benzene rings is 1. The summed E-state index contributed by atoms with van der Waals surface area (Å²) in [5.41, 5.74) is 9.61. The van der Waals surface area contributed by atoms with Gasteiger partial charge in [0.2, 0.25) is 6.54 Å². The van der Waals surface area contributed by atoms with Gasteiger partial charge in [-0.2, -0.15) is 0 Å². The highest BCUT2D eigenvalue weighted by molar-refractivity contribution is 5.94. The van der Waals surface area contributed by atoms with Crippen molar-refractivity contribution in [2.45, 2.75) is 19.3 Å². The first-order chi connectivity index (χ1) is 11.0. The standard InChI is InChI=1S/C16H19N3O4/c1-22-14-6-11-13(7-15(14)23-2)18-12-5-9(8-19(20)21)3-4-10(12)16(11)17/h6-7,9H,3-5,8H2,1-2H3,(H2,17,18). The van der Waals surface area contributed by atoms with Crippen LogP contribution in [0.3, 0.4) is 0 Å². The number of ether oxygens (including phenoxy) is 2. The number of hydrogen-bond donors (Lipinski definition) is 1. The third-order valence-corrected chi connectivity index (χ3v) is 4.41. The highest BCUT2D eigenvalue weighted by atomic mass is 16.6. The number of nitrogen functional groups attached to an aromatic ring is 1. The van der Waals surface area contributed by atoms with E-state index in [0.29, 0.717) is 23.6 Å². The van der Waals surface area contributed by atoms with Gasteiger partial charge in [0.15, 0.2) is 11.5 Å². The third-order valence-electron chi connectivity index (χ3n) is 4.41. The summed E-state index contributed by atoms with van der Waals surface area (Å²) >= 11 is 0. The van der Waals surface area contributed by atoms with Crippen molar-refractivity contribution in [1.29, 1.82) is 0 Å². The van der Waals surface area contributed by atoms with Crippen LogP contribution in [0, 0.1) is 16.0 Å². The first kappa shape index (κ1) is 15.3. The molecule has 2 aromatic rings. The number of pyridine rings is 1. The summed E-state index contributed by atoms with van der Waals surface area (Å²) in [6, 6.07) is 3.63. The van der Waals surface area contributed by atoms with Crippen molar-refractivity contribution < 1.29 is 14.4 Å². The fourth-order valence-electron chi connectivity index (χ4n) is 3.25. The number of nitrogens with zero attached hydrogens (tertiary/aromatic N) is 2. The predicted molar refractivity (Wildman–Crippen MR) is 86.6 cm³/mol. The average molecular weight is 317 g/mol. The summed E-state index contributed by atoms with van der Waals surface area (Å²) in [5.74, 6) is 1.21. The fourth-order valence-corrected chi connectivity index (χ4v) is 3.25. The lowest BCUT2D eigenvalue weighted by Crippen LogP contribution is -2.23. The van der Waals surface area contributed by atoms with Gasteiger partial charge in [-0.25, -0.2) is 0 Å². The van der Waals surface area contributed by atoms with Crippen molar-refractivity contribution in [3.05, 3.63) is 33.5 Å². The normalized spacial score (nSPS) is 16.9. The summed E-state index contributed by atoms with van der Waals surface area (Å²) in [6.07, 6.45) is 2.07. The highest BCUT2D eigenvalue weighted by Crippen LogP contribution is 2.38. The number of fused-ring (bicyclic) bond motifs is 2. The van der Waals surface area contributed by atoms with E-state index in [9.17, 15) is 10.1 Å². The third kappa shape index (κ3) is 2.74. The molecule has 0 spiro atoms. The van der Waals surface area contributed by atoms with Crippen LogP contribution in [-0.4, -0.2) is 30.7 Å². The maximum absolute atomic E-state index is 10.7. The minimum absolute atomic E-state index is 0.0157. The van der Waals surface area contributed by atoms with Crippen LogP contribution >= 0.6 is 0 Å². The number of anilines is 1. The molecule has 1 atom stereocenters. The molecule has 1 aliphatic rings. The molecule has 0 radical (unpaired) electrons. The van der Waals surface area contributed by atoms with Crippen molar-refractivity contribution in [1.82, 2.24) is 4.98 Å². The Morgan fingerprint density at radius 1 is 1.35 bits per heavy atom. The first-order valence-corrected chi connectivity index (χ1v) is 7.48. The van der Waals surface area contributed by atoms with Crippen LogP contribution in [0.5, 0.6) is 11.5 Å². The maximum Gasteiger partial charge on any atom is 0.207 e. The molecule has 1 unspecified atom stereocenters.